The van der Waals surface area contributed by atoms with Crippen LogP contribution in [0.4, 0.5) is 0 Å². The summed E-state index contributed by atoms with van der Waals surface area (Å²) in [6.45, 7) is 1.79. The number of hydrogen-bond donors (Lipinski definition) is 0. The van der Waals surface area contributed by atoms with Crippen molar-refractivity contribution < 1.29 is 4.79 Å². The van der Waals surface area contributed by atoms with Gasteiger partial charge in [-0.1, -0.05) is 46.3 Å². The molecule has 1 fully saturated rings. The number of benzene rings is 2. The first-order chi connectivity index (χ1) is 10.3. The summed E-state index contributed by atoms with van der Waals surface area (Å²) in [4.78, 5) is 14.7. The minimum absolute atomic E-state index is 0.181. The van der Waals surface area contributed by atoms with E-state index in [1.807, 2.05) is 35.2 Å². The molecule has 1 heterocycles. The highest BCUT2D eigenvalue weighted by molar-refractivity contribution is 9.09. The standard InChI is InChI=1S/C18H20BrNO/c19-10-9-14-4-3-11-20(13-14)18(21)17-8-7-15-5-1-2-6-16(15)12-17/h1-2,5-8,12,14H,3-4,9-11,13H2. The highest BCUT2D eigenvalue weighted by atomic mass is 79.9. The van der Waals surface area contributed by atoms with E-state index in [2.05, 4.69) is 28.1 Å². The summed E-state index contributed by atoms with van der Waals surface area (Å²) in [5.74, 6) is 0.822. The van der Waals surface area contributed by atoms with Crippen LogP contribution in [-0.2, 0) is 0 Å². The minimum Gasteiger partial charge on any atom is -0.338 e. The van der Waals surface area contributed by atoms with E-state index in [-0.39, 0.29) is 5.91 Å². The average Bonchev–Trinajstić information content (AvgIpc) is 2.54. The lowest BCUT2D eigenvalue weighted by Crippen LogP contribution is -2.40. The van der Waals surface area contributed by atoms with Crippen molar-refractivity contribution in [2.24, 2.45) is 5.92 Å². The Morgan fingerprint density at radius 3 is 2.81 bits per heavy atom. The van der Waals surface area contributed by atoms with Gasteiger partial charge in [0.25, 0.3) is 5.91 Å². The van der Waals surface area contributed by atoms with E-state index in [0.29, 0.717) is 5.92 Å². The fourth-order valence-electron chi connectivity index (χ4n) is 3.14. The van der Waals surface area contributed by atoms with Gasteiger partial charge in [0.2, 0.25) is 0 Å². The molecule has 1 saturated heterocycles. The molecule has 1 atom stereocenters. The minimum atomic E-state index is 0.181. The Bertz CT molecular complexity index is 638. The van der Waals surface area contributed by atoms with Crippen LogP contribution in [0.1, 0.15) is 29.6 Å². The van der Waals surface area contributed by atoms with Crippen LogP contribution < -0.4 is 0 Å². The van der Waals surface area contributed by atoms with E-state index in [9.17, 15) is 4.79 Å². The fourth-order valence-corrected chi connectivity index (χ4v) is 3.79. The molecule has 2 aromatic carbocycles. The second-order valence-corrected chi connectivity index (χ2v) is 6.59. The number of carbonyl (C=O) groups excluding carboxylic acids is 1. The first-order valence-corrected chi connectivity index (χ1v) is 8.74. The second kappa shape index (κ2) is 6.61. The molecule has 1 aliphatic rings. The van der Waals surface area contributed by atoms with E-state index in [0.717, 1.165) is 42.2 Å². The number of piperidine rings is 1. The molecule has 3 heteroatoms. The normalized spacial score (nSPS) is 18.9. The van der Waals surface area contributed by atoms with Gasteiger partial charge in [-0.2, -0.15) is 0 Å². The third-order valence-electron chi connectivity index (χ3n) is 4.32. The zero-order chi connectivity index (χ0) is 14.7. The topological polar surface area (TPSA) is 20.3 Å². The van der Waals surface area contributed by atoms with Crippen molar-refractivity contribution in [3.63, 3.8) is 0 Å². The molecule has 0 bridgehead atoms. The highest BCUT2D eigenvalue weighted by Gasteiger charge is 2.24. The maximum atomic E-state index is 12.7. The first kappa shape index (κ1) is 14.6. The maximum absolute atomic E-state index is 12.7. The quantitative estimate of drug-likeness (QED) is 0.751. The molecule has 1 amide bonds. The van der Waals surface area contributed by atoms with Crippen LogP contribution in [0.25, 0.3) is 10.8 Å². The predicted octanol–water partition coefficient (Wildman–Crippen LogP) is 4.48. The molecule has 3 rings (SSSR count). The van der Waals surface area contributed by atoms with Gasteiger partial charge < -0.3 is 4.90 Å². The lowest BCUT2D eigenvalue weighted by molar-refractivity contribution is 0.0672. The molecule has 21 heavy (non-hydrogen) atoms. The number of amides is 1. The number of nitrogens with zero attached hydrogens (tertiary/aromatic N) is 1. The number of halogens is 1. The third kappa shape index (κ3) is 3.29. The summed E-state index contributed by atoms with van der Waals surface area (Å²) < 4.78 is 0. The van der Waals surface area contributed by atoms with Crippen molar-refractivity contribution >= 4 is 32.6 Å². The fraction of sp³-hybridized carbons (Fsp3) is 0.389. The van der Waals surface area contributed by atoms with Gasteiger partial charge in [0.1, 0.15) is 0 Å². The molecule has 1 aliphatic heterocycles. The Morgan fingerprint density at radius 1 is 1.19 bits per heavy atom. The Balaban J connectivity index is 1.79. The van der Waals surface area contributed by atoms with Gasteiger partial charge in [0, 0.05) is 24.0 Å². The van der Waals surface area contributed by atoms with Crippen molar-refractivity contribution in [1.29, 1.82) is 0 Å². The number of likely N-dealkylation sites (tertiary alicyclic amines) is 1. The number of hydrogen-bond acceptors (Lipinski definition) is 1. The van der Waals surface area contributed by atoms with Crippen molar-refractivity contribution in [3.05, 3.63) is 48.0 Å². The summed E-state index contributed by atoms with van der Waals surface area (Å²) in [6.07, 6.45) is 3.52. The summed E-state index contributed by atoms with van der Waals surface area (Å²) in [5.41, 5.74) is 0.813. The van der Waals surface area contributed by atoms with Gasteiger partial charge in [-0.05, 0) is 48.1 Å². The van der Waals surface area contributed by atoms with Crippen molar-refractivity contribution in [2.45, 2.75) is 19.3 Å². The van der Waals surface area contributed by atoms with Gasteiger partial charge in [-0.25, -0.2) is 0 Å². The molecule has 0 aromatic heterocycles. The molecular formula is C18H20BrNO. The molecular weight excluding hydrogens is 326 g/mol. The molecule has 1 unspecified atom stereocenters. The van der Waals surface area contributed by atoms with E-state index in [1.165, 1.54) is 11.8 Å². The maximum Gasteiger partial charge on any atom is 0.253 e. The SMILES string of the molecule is O=C(c1ccc2ccccc2c1)N1CCCC(CCBr)C1. The molecule has 2 aromatic rings. The molecule has 110 valence electrons. The second-order valence-electron chi connectivity index (χ2n) is 5.80. The third-order valence-corrected chi connectivity index (χ3v) is 4.78. The number of carbonyl (C=O) groups is 1. The summed E-state index contributed by atoms with van der Waals surface area (Å²) >= 11 is 3.51. The van der Waals surface area contributed by atoms with Gasteiger partial charge >= 0.3 is 0 Å². The summed E-state index contributed by atoms with van der Waals surface area (Å²) in [5, 5.41) is 3.34. The van der Waals surface area contributed by atoms with E-state index < -0.39 is 0 Å². The molecule has 0 aliphatic carbocycles. The van der Waals surface area contributed by atoms with Crippen molar-refractivity contribution in [3.8, 4) is 0 Å². The van der Waals surface area contributed by atoms with Gasteiger partial charge in [0.15, 0.2) is 0 Å². The Morgan fingerprint density at radius 2 is 2.00 bits per heavy atom. The van der Waals surface area contributed by atoms with Crippen LogP contribution in [0.15, 0.2) is 42.5 Å². The van der Waals surface area contributed by atoms with Crippen molar-refractivity contribution in [1.82, 2.24) is 4.90 Å². The van der Waals surface area contributed by atoms with Crippen LogP contribution in [0, 0.1) is 5.92 Å². The molecule has 0 saturated carbocycles. The molecule has 0 spiro atoms. The van der Waals surface area contributed by atoms with Crippen LogP contribution in [-0.4, -0.2) is 29.2 Å². The monoisotopic (exact) mass is 345 g/mol. The molecule has 2 nitrogen and oxygen atoms in total. The van der Waals surface area contributed by atoms with Gasteiger partial charge in [-0.3, -0.25) is 4.79 Å². The highest BCUT2D eigenvalue weighted by Crippen LogP contribution is 2.23. The molecule has 0 N–H and O–H groups in total. The van der Waals surface area contributed by atoms with E-state index >= 15 is 0 Å². The van der Waals surface area contributed by atoms with E-state index in [4.69, 9.17) is 0 Å². The van der Waals surface area contributed by atoms with Crippen LogP contribution in [0.2, 0.25) is 0 Å². The number of fused-ring (bicyclic) bond motifs is 1. The largest absolute Gasteiger partial charge is 0.338 e. The predicted molar refractivity (Wildman–Crippen MR) is 91.0 cm³/mol. The zero-order valence-electron chi connectivity index (χ0n) is 12.1. The average molecular weight is 346 g/mol. The zero-order valence-corrected chi connectivity index (χ0v) is 13.7. The van der Waals surface area contributed by atoms with Crippen molar-refractivity contribution in [2.75, 3.05) is 18.4 Å². The van der Waals surface area contributed by atoms with Gasteiger partial charge in [-0.15, -0.1) is 0 Å². The summed E-state index contributed by atoms with van der Waals surface area (Å²) in [7, 11) is 0. The van der Waals surface area contributed by atoms with E-state index in [1.54, 1.807) is 0 Å². The smallest absolute Gasteiger partial charge is 0.253 e. The first-order valence-electron chi connectivity index (χ1n) is 7.62. The Kier molecular flexibility index (Phi) is 4.59. The number of alkyl halides is 1. The Hall–Kier alpha value is -1.35. The number of rotatable bonds is 3. The van der Waals surface area contributed by atoms with Crippen LogP contribution in [0.5, 0.6) is 0 Å². The lowest BCUT2D eigenvalue weighted by atomic mass is 9.95. The van der Waals surface area contributed by atoms with Gasteiger partial charge in [0.05, 0.1) is 0 Å². The summed E-state index contributed by atoms with van der Waals surface area (Å²) in [6, 6.07) is 14.2. The van der Waals surface area contributed by atoms with Crippen LogP contribution in [0.3, 0.4) is 0 Å². The Labute approximate surface area is 134 Å². The molecule has 0 radical (unpaired) electrons. The lowest BCUT2D eigenvalue weighted by Gasteiger charge is -2.32. The van der Waals surface area contributed by atoms with Crippen LogP contribution >= 0.6 is 15.9 Å².